The number of aryl methyl sites for hydroxylation is 1. The van der Waals surface area contributed by atoms with Gasteiger partial charge in [-0.05, 0) is 81.2 Å². The smallest absolute Gasteiger partial charge is 0.408 e. The lowest BCUT2D eigenvalue weighted by atomic mass is 9.85. The number of nitrogens with one attached hydrogen (secondary N) is 4. The first kappa shape index (κ1) is 37.6. The molecule has 2 saturated heterocycles. The van der Waals surface area contributed by atoms with E-state index in [0.29, 0.717) is 25.1 Å². The first-order valence-corrected chi connectivity index (χ1v) is 18.6. The first-order chi connectivity index (χ1) is 24.6. The van der Waals surface area contributed by atoms with Crippen LogP contribution in [-0.2, 0) is 39.9 Å². The second-order valence-corrected chi connectivity index (χ2v) is 16.5. The van der Waals surface area contributed by atoms with Crippen molar-refractivity contribution in [3.8, 4) is 5.75 Å². The van der Waals surface area contributed by atoms with E-state index < -0.39 is 64.8 Å². The molecular weight excluding hydrogens is 670 g/mol. The Kier molecular flexibility index (Phi) is 10.6. The zero-order valence-electron chi connectivity index (χ0n) is 31.1. The summed E-state index contributed by atoms with van der Waals surface area (Å²) in [5, 5.41) is 8.26. The van der Waals surface area contributed by atoms with Gasteiger partial charge in [0, 0.05) is 24.4 Å². The van der Waals surface area contributed by atoms with Crippen LogP contribution in [0.3, 0.4) is 0 Å². The Labute approximate surface area is 305 Å². The molecule has 1 aromatic carbocycles. The number of hydrogen-bond acceptors (Lipinski definition) is 10. The van der Waals surface area contributed by atoms with Crippen molar-refractivity contribution in [2.45, 2.75) is 134 Å². The fourth-order valence-electron chi connectivity index (χ4n) is 7.18. The second kappa shape index (κ2) is 14.7. The fourth-order valence-corrected chi connectivity index (χ4v) is 7.18. The minimum absolute atomic E-state index is 0.0169. The van der Waals surface area contributed by atoms with Crippen molar-refractivity contribution in [1.82, 2.24) is 26.3 Å². The SMILES string of the molecule is CCC[C@H](NC(=O)[C@@H]1C[C@]2(C=C(c3ccc4c(c3)CCC(C)(C)O4)NO2)CN1C(=O)[C@@H](NC(=O)O[C@H]1CCOC1)C(C)(C)C)C(=O)C(=O)NC1CC1. The molecule has 5 atom stereocenters. The number of ether oxygens (including phenoxy) is 3. The minimum Gasteiger partial charge on any atom is -0.488 e. The number of carbonyl (C=O) groups excluding carboxylic acids is 5. The molecule has 1 aromatic rings. The Morgan fingerprint density at radius 1 is 1.10 bits per heavy atom. The normalized spacial score (nSPS) is 26.0. The Balaban J connectivity index is 1.27. The number of benzene rings is 1. The lowest BCUT2D eigenvalue weighted by Crippen LogP contribution is -2.59. The molecule has 1 aliphatic carbocycles. The molecule has 5 aliphatic rings. The van der Waals surface area contributed by atoms with E-state index in [1.54, 1.807) is 0 Å². The maximum atomic E-state index is 14.6. The number of ketones is 1. The highest BCUT2D eigenvalue weighted by Crippen LogP contribution is 2.40. The van der Waals surface area contributed by atoms with Gasteiger partial charge in [-0.1, -0.05) is 34.1 Å². The first-order valence-electron chi connectivity index (χ1n) is 18.6. The van der Waals surface area contributed by atoms with Gasteiger partial charge in [-0.3, -0.25) is 29.5 Å². The highest BCUT2D eigenvalue weighted by molar-refractivity contribution is 6.38. The van der Waals surface area contributed by atoms with E-state index in [9.17, 15) is 24.0 Å². The minimum atomic E-state index is -1.11. The van der Waals surface area contributed by atoms with Gasteiger partial charge in [0.2, 0.25) is 17.6 Å². The zero-order valence-corrected chi connectivity index (χ0v) is 31.1. The molecule has 284 valence electrons. The molecule has 4 aliphatic heterocycles. The van der Waals surface area contributed by atoms with Gasteiger partial charge in [-0.2, -0.15) is 0 Å². The fraction of sp³-hybridized carbons (Fsp3) is 0.658. The van der Waals surface area contributed by atoms with Gasteiger partial charge in [-0.15, -0.1) is 0 Å². The van der Waals surface area contributed by atoms with Gasteiger partial charge < -0.3 is 35.1 Å². The topological polar surface area (TPSA) is 174 Å². The molecule has 3 fully saturated rings. The average Bonchev–Trinajstić information content (AvgIpc) is 3.42. The number of rotatable bonds is 11. The molecule has 14 heteroatoms. The van der Waals surface area contributed by atoms with Crippen LogP contribution >= 0.6 is 0 Å². The van der Waals surface area contributed by atoms with Gasteiger partial charge in [0.1, 0.15) is 35.1 Å². The number of alkyl carbamates (subject to hydrolysis) is 1. The highest BCUT2D eigenvalue weighted by Gasteiger charge is 2.54. The van der Waals surface area contributed by atoms with Gasteiger partial charge in [0.15, 0.2) is 0 Å². The monoisotopic (exact) mass is 723 g/mol. The Bertz CT molecular complexity index is 1610. The van der Waals surface area contributed by atoms with Crippen LogP contribution in [0, 0.1) is 5.41 Å². The molecular formula is C38H53N5O9. The molecule has 6 rings (SSSR count). The summed E-state index contributed by atoms with van der Waals surface area (Å²) in [5.41, 5.74) is 3.53. The van der Waals surface area contributed by atoms with Crippen LogP contribution in [0.25, 0.3) is 5.70 Å². The summed E-state index contributed by atoms with van der Waals surface area (Å²) < 4.78 is 17.0. The van der Waals surface area contributed by atoms with Crippen LogP contribution < -0.4 is 26.2 Å². The van der Waals surface area contributed by atoms with E-state index >= 15 is 0 Å². The molecule has 0 aromatic heterocycles. The van der Waals surface area contributed by atoms with Crippen molar-refractivity contribution >= 4 is 35.3 Å². The summed E-state index contributed by atoms with van der Waals surface area (Å²) in [6.07, 6.45) is 5.49. The van der Waals surface area contributed by atoms with Crippen molar-refractivity contribution < 1.29 is 43.0 Å². The van der Waals surface area contributed by atoms with E-state index in [1.165, 1.54) is 4.90 Å². The van der Waals surface area contributed by atoms with Gasteiger partial charge in [0.25, 0.3) is 5.91 Å². The molecule has 14 nitrogen and oxygen atoms in total. The van der Waals surface area contributed by atoms with Crippen LogP contribution in [0.1, 0.15) is 97.6 Å². The van der Waals surface area contributed by atoms with Crippen LogP contribution in [0.2, 0.25) is 0 Å². The molecule has 0 radical (unpaired) electrons. The Morgan fingerprint density at radius 2 is 1.87 bits per heavy atom. The quantitative estimate of drug-likeness (QED) is 0.249. The highest BCUT2D eigenvalue weighted by atomic mass is 16.7. The Hall–Kier alpha value is -4.17. The van der Waals surface area contributed by atoms with Gasteiger partial charge in [0.05, 0.1) is 31.5 Å². The lowest BCUT2D eigenvalue weighted by molar-refractivity contribution is -0.144. The van der Waals surface area contributed by atoms with Crippen LogP contribution in [-0.4, -0.2) is 95.7 Å². The third-order valence-corrected chi connectivity index (χ3v) is 10.3. The largest absolute Gasteiger partial charge is 0.488 e. The predicted molar refractivity (Wildman–Crippen MR) is 190 cm³/mol. The van der Waals surface area contributed by atoms with Crippen molar-refractivity contribution in [1.29, 1.82) is 0 Å². The number of carbonyl (C=O) groups is 5. The van der Waals surface area contributed by atoms with Crippen molar-refractivity contribution in [2.24, 2.45) is 5.41 Å². The molecule has 0 bridgehead atoms. The molecule has 0 unspecified atom stereocenters. The molecule has 52 heavy (non-hydrogen) atoms. The summed E-state index contributed by atoms with van der Waals surface area (Å²) >= 11 is 0. The van der Waals surface area contributed by atoms with Crippen LogP contribution in [0.5, 0.6) is 5.75 Å². The Morgan fingerprint density at radius 3 is 2.54 bits per heavy atom. The summed E-state index contributed by atoms with van der Waals surface area (Å²) in [5.74, 6) is -1.71. The maximum absolute atomic E-state index is 14.6. The molecule has 1 spiro atoms. The number of hydrogen-bond donors (Lipinski definition) is 4. The molecule has 4 amide bonds. The third-order valence-electron chi connectivity index (χ3n) is 10.3. The third kappa shape index (κ3) is 8.54. The number of hydroxylamine groups is 1. The predicted octanol–water partition coefficient (Wildman–Crippen LogP) is 3.07. The summed E-state index contributed by atoms with van der Waals surface area (Å²) in [7, 11) is 0. The molecule has 4 N–H and O–H groups in total. The summed E-state index contributed by atoms with van der Waals surface area (Å²) in [6.45, 7) is 12.2. The second-order valence-electron chi connectivity index (χ2n) is 16.5. The number of likely N-dealkylation sites (tertiary alicyclic amines) is 1. The van der Waals surface area contributed by atoms with E-state index in [-0.39, 0.29) is 37.6 Å². The van der Waals surface area contributed by atoms with E-state index in [1.807, 2.05) is 45.9 Å². The van der Waals surface area contributed by atoms with Crippen LogP contribution in [0.4, 0.5) is 4.79 Å². The zero-order chi connectivity index (χ0) is 37.4. The molecule has 4 heterocycles. The van der Waals surface area contributed by atoms with Crippen LogP contribution in [0.15, 0.2) is 24.3 Å². The number of amides is 4. The van der Waals surface area contributed by atoms with Gasteiger partial charge >= 0.3 is 6.09 Å². The van der Waals surface area contributed by atoms with Crippen molar-refractivity contribution in [3.63, 3.8) is 0 Å². The summed E-state index contributed by atoms with van der Waals surface area (Å²) in [4.78, 5) is 75.4. The number of Topliss-reactive ketones (excluding diaryl/α,β-unsaturated/α-hetero) is 1. The number of nitrogens with zero attached hydrogens (tertiary/aromatic N) is 1. The summed E-state index contributed by atoms with van der Waals surface area (Å²) in [6, 6.07) is 2.69. The lowest BCUT2D eigenvalue weighted by Gasteiger charge is -2.35. The average molecular weight is 724 g/mol. The number of fused-ring (bicyclic) bond motifs is 1. The van der Waals surface area contributed by atoms with E-state index in [2.05, 4.69) is 41.3 Å². The standard InChI is InChI=1S/C38H53N5O9/c1-7-8-26(30(44)33(46)39-24-10-11-24)40-32(45)28-19-38(18-27(42-52-38)22-9-12-29-23(17-22)13-15-37(5,6)51-29)21-43(28)34(47)31(36(2,3)4)41-35(48)50-25-14-16-49-20-25/h9,12,17-18,24-26,28,31,42H,7-8,10-11,13-16,19-21H2,1-6H3,(H,39,46)(H,40,45)(H,41,48)/t25-,26-,28-,31+,38+/m0/s1. The van der Waals surface area contributed by atoms with Crippen molar-refractivity contribution in [2.75, 3.05) is 19.8 Å². The van der Waals surface area contributed by atoms with Gasteiger partial charge in [-0.25, -0.2) is 4.79 Å². The van der Waals surface area contributed by atoms with E-state index in [4.69, 9.17) is 19.0 Å². The van der Waals surface area contributed by atoms with E-state index in [0.717, 1.165) is 42.6 Å². The molecule has 1 saturated carbocycles. The maximum Gasteiger partial charge on any atom is 0.408 e. The van der Waals surface area contributed by atoms with Crippen molar-refractivity contribution in [3.05, 3.63) is 35.4 Å².